The molecular formula is C8H13N3O. The Kier molecular flexibility index (Phi) is 1.99. The first-order valence-corrected chi connectivity index (χ1v) is 4.24. The van der Waals surface area contributed by atoms with E-state index in [2.05, 4.69) is 5.10 Å². The van der Waals surface area contributed by atoms with Gasteiger partial charge in [0.1, 0.15) is 0 Å². The van der Waals surface area contributed by atoms with E-state index in [-0.39, 0.29) is 0 Å². The van der Waals surface area contributed by atoms with Crippen molar-refractivity contribution in [3.63, 3.8) is 0 Å². The van der Waals surface area contributed by atoms with Crippen LogP contribution < -0.4 is 5.73 Å². The van der Waals surface area contributed by atoms with Gasteiger partial charge in [0.15, 0.2) is 0 Å². The monoisotopic (exact) mass is 167 g/mol. The molecule has 1 aliphatic rings. The summed E-state index contributed by atoms with van der Waals surface area (Å²) in [6.07, 6.45) is 6.14. The molecule has 12 heavy (non-hydrogen) atoms. The van der Waals surface area contributed by atoms with Crippen molar-refractivity contribution in [2.75, 3.05) is 12.3 Å². The Balaban J connectivity index is 1.94. The number of ether oxygens (including phenoxy) is 1. The van der Waals surface area contributed by atoms with Gasteiger partial charge in [0, 0.05) is 12.8 Å². The zero-order valence-corrected chi connectivity index (χ0v) is 6.94. The molecule has 0 spiro atoms. The maximum atomic E-state index is 5.53. The van der Waals surface area contributed by atoms with E-state index in [1.54, 1.807) is 6.20 Å². The summed E-state index contributed by atoms with van der Waals surface area (Å²) in [5, 5.41) is 4.09. The van der Waals surface area contributed by atoms with Crippen LogP contribution in [0.5, 0.6) is 0 Å². The largest absolute Gasteiger partial charge is 0.396 e. The van der Waals surface area contributed by atoms with Crippen LogP contribution in [-0.4, -0.2) is 22.5 Å². The third kappa shape index (κ3) is 1.58. The van der Waals surface area contributed by atoms with E-state index in [4.69, 9.17) is 10.5 Å². The van der Waals surface area contributed by atoms with Gasteiger partial charge in [0.05, 0.1) is 24.5 Å². The fourth-order valence-corrected chi connectivity index (χ4v) is 1.48. The molecule has 66 valence electrons. The molecule has 2 rings (SSSR count). The van der Waals surface area contributed by atoms with Crippen LogP contribution in [0.25, 0.3) is 0 Å². The number of rotatable bonds is 2. The summed E-state index contributed by atoms with van der Waals surface area (Å²) in [6, 6.07) is 0. The van der Waals surface area contributed by atoms with Crippen LogP contribution in [0.15, 0.2) is 12.4 Å². The molecule has 1 fully saturated rings. The molecule has 0 amide bonds. The molecule has 2 N–H and O–H groups in total. The highest BCUT2D eigenvalue weighted by Crippen LogP contribution is 2.13. The summed E-state index contributed by atoms with van der Waals surface area (Å²) in [6.45, 7) is 1.72. The van der Waals surface area contributed by atoms with Gasteiger partial charge in [-0.25, -0.2) is 0 Å². The van der Waals surface area contributed by atoms with E-state index in [0.717, 1.165) is 19.6 Å². The number of nitrogens with zero attached hydrogens (tertiary/aromatic N) is 2. The lowest BCUT2D eigenvalue weighted by Gasteiger charge is -2.08. The van der Waals surface area contributed by atoms with Gasteiger partial charge in [-0.3, -0.25) is 4.68 Å². The third-order valence-corrected chi connectivity index (χ3v) is 2.07. The van der Waals surface area contributed by atoms with E-state index in [1.165, 1.54) is 6.42 Å². The Bertz CT molecular complexity index is 253. The molecule has 0 radical (unpaired) electrons. The summed E-state index contributed by atoms with van der Waals surface area (Å²) in [5.41, 5.74) is 6.24. The van der Waals surface area contributed by atoms with Crippen LogP contribution >= 0.6 is 0 Å². The van der Waals surface area contributed by atoms with Crippen molar-refractivity contribution in [1.82, 2.24) is 9.78 Å². The smallest absolute Gasteiger partial charge is 0.0771 e. The average Bonchev–Trinajstić information content (AvgIpc) is 2.63. The van der Waals surface area contributed by atoms with Crippen LogP contribution in [0.3, 0.4) is 0 Å². The first-order chi connectivity index (χ1) is 5.84. The molecule has 0 bridgehead atoms. The number of nitrogen functional groups attached to an aromatic ring is 1. The lowest BCUT2D eigenvalue weighted by molar-refractivity contribution is 0.0940. The highest BCUT2D eigenvalue weighted by atomic mass is 16.5. The van der Waals surface area contributed by atoms with Crippen LogP contribution in [0, 0.1) is 0 Å². The van der Waals surface area contributed by atoms with E-state index < -0.39 is 0 Å². The lowest BCUT2D eigenvalue weighted by Crippen LogP contribution is -2.15. The fraction of sp³-hybridized carbons (Fsp3) is 0.625. The Morgan fingerprint density at radius 3 is 3.25 bits per heavy atom. The van der Waals surface area contributed by atoms with Gasteiger partial charge in [-0.1, -0.05) is 0 Å². The molecule has 4 nitrogen and oxygen atoms in total. The molecule has 0 aromatic carbocycles. The number of anilines is 1. The third-order valence-electron chi connectivity index (χ3n) is 2.07. The van der Waals surface area contributed by atoms with Crippen molar-refractivity contribution >= 4 is 5.69 Å². The molecule has 1 atom stereocenters. The first kappa shape index (κ1) is 7.61. The standard InChI is InChI=1S/C8H13N3O/c9-7-4-10-11(5-7)6-8-2-1-3-12-8/h4-5,8H,1-3,6,9H2/t8-/m1/s1. The van der Waals surface area contributed by atoms with E-state index >= 15 is 0 Å². The zero-order valence-electron chi connectivity index (χ0n) is 6.94. The Morgan fingerprint density at radius 1 is 1.75 bits per heavy atom. The van der Waals surface area contributed by atoms with Gasteiger partial charge in [-0.2, -0.15) is 5.10 Å². The summed E-state index contributed by atoms with van der Waals surface area (Å²) < 4.78 is 7.30. The Morgan fingerprint density at radius 2 is 2.67 bits per heavy atom. The molecule has 0 aliphatic carbocycles. The summed E-state index contributed by atoms with van der Waals surface area (Å²) in [5.74, 6) is 0. The summed E-state index contributed by atoms with van der Waals surface area (Å²) >= 11 is 0. The van der Waals surface area contributed by atoms with Crippen LogP contribution in [-0.2, 0) is 11.3 Å². The number of hydrogen-bond donors (Lipinski definition) is 1. The minimum atomic E-state index is 0.337. The van der Waals surface area contributed by atoms with Crippen molar-refractivity contribution in [3.8, 4) is 0 Å². The van der Waals surface area contributed by atoms with Crippen molar-refractivity contribution in [3.05, 3.63) is 12.4 Å². The highest BCUT2D eigenvalue weighted by Gasteiger charge is 2.15. The van der Waals surface area contributed by atoms with Crippen molar-refractivity contribution in [2.24, 2.45) is 0 Å². The maximum absolute atomic E-state index is 5.53. The molecule has 1 aliphatic heterocycles. The normalized spacial score (nSPS) is 23.2. The van der Waals surface area contributed by atoms with Crippen LogP contribution in [0.2, 0.25) is 0 Å². The average molecular weight is 167 g/mol. The number of hydrogen-bond acceptors (Lipinski definition) is 3. The second kappa shape index (κ2) is 3.15. The Labute approximate surface area is 71.3 Å². The maximum Gasteiger partial charge on any atom is 0.0771 e. The van der Waals surface area contributed by atoms with Crippen molar-refractivity contribution in [1.29, 1.82) is 0 Å². The van der Waals surface area contributed by atoms with Gasteiger partial charge in [-0.15, -0.1) is 0 Å². The van der Waals surface area contributed by atoms with Gasteiger partial charge in [-0.05, 0) is 12.8 Å². The van der Waals surface area contributed by atoms with Gasteiger partial charge >= 0.3 is 0 Å². The minimum absolute atomic E-state index is 0.337. The predicted molar refractivity (Wildman–Crippen MR) is 45.6 cm³/mol. The van der Waals surface area contributed by atoms with Crippen molar-refractivity contribution < 1.29 is 4.74 Å². The fourth-order valence-electron chi connectivity index (χ4n) is 1.48. The van der Waals surface area contributed by atoms with E-state index in [0.29, 0.717) is 11.8 Å². The van der Waals surface area contributed by atoms with E-state index in [9.17, 15) is 0 Å². The molecule has 1 aromatic heterocycles. The quantitative estimate of drug-likeness (QED) is 0.703. The van der Waals surface area contributed by atoms with Gasteiger partial charge in [0.2, 0.25) is 0 Å². The summed E-state index contributed by atoms with van der Waals surface area (Å²) in [4.78, 5) is 0. The number of nitrogens with two attached hydrogens (primary N) is 1. The molecular weight excluding hydrogens is 154 g/mol. The lowest BCUT2D eigenvalue weighted by atomic mass is 10.2. The molecule has 1 aromatic rings. The zero-order chi connectivity index (χ0) is 8.39. The SMILES string of the molecule is Nc1cnn(C[C@H]2CCCO2)c1. The predicted octanol–water partition coefficient (Wildman–Crippen LogP) is 0.644. The molecule has 4 heteroatoms. The molecule has 1 saturated heterocycles. The molecule has 0 saturated carbocycles. The molecule has 2 heterocycles. The van der Waals surface area contributed by atoms with E-state index in [1.807, 2.05) is 10.9 Å². The van der Waals surface area contributed by atoms with Gasteiger partial charge in [0.25, 0.3) is 0 Å². The van der Waals surface area contributed by atoms with Crippen molar-refractivity contribution in [2.45, 2.75) is 25.5 Å². The first-order valence-electron chi connectivity index (χ1n) is 4.24. The second-order valence-corrected chi connectivity index (χ2v) is 3.13. The molecule has 0 unspecified atom stereocenters. The van der Waals surface area contributed by atoms with Crippen LogP contribution in [0.1, 0.15) is 12.8 Å². The van der Waals surface area contributed by atoms with Crippen LogP contribution in [0.4, 0.5) is 5.69 Å². The van der Waals surface area contributed by atoms with Gasteiger partial charge < -0.3 is 10.5 Å². The minimum Gasteiger partial charge on any atom is -0.396 e. The Hall–Kier alpha value is -1.03. The highest BCUT2D eigenvalue weighted by molar-refractivity contribution is 5.30. The summed E-state index contributed by atoms with van der Waals surface area (Å²) in [7, 11) is 0. The second-order valence-electron chi connectivity index (χ2n) is 3.13. The number of aromatic nitrogens is 2. The topological polar surface area (TPSA) is 53.1 Å².